The van der Waals surface area contributed by atoms with E-state index in [-0.39, 0.29) is 11.9 Å². The standard InChI is InChI=1S/C11H17NO2S/c13-10(11(14)6-7-15-8-11)12-9-4-2-1-3-5-9/h1-2,9,14H,3-8H2,(H,12,13). The van der Waals surface area contributed by atoms with E-state index in [1.165, 1.54) is 0 Å². The van der Waals surface area contributed by atoms with Gasteiger partial charge in [0.1, 0.15) is 0 Å². The van der Waals surface area contributed by atoms with Gasteiger partial charge in [-0.15, -0.1) is 0 Å². The van der Waals surface area contributed by atoms with Crippen molar-refractivity contribution in [3.8, 4) is 0 Å². The highest BCUT2D eigenvalue weighted by Crippen LogP contribution is 2.28. The molecule has 4 heteroatoms. The lowest BCUT2D eigenvalue weighted by molar-refractivity contribution is -0.138. The highest BCUT2D eigenvalue weighted by Gasteiger charge is 2.40. The van der Waals surface area contributed by atoms with Crippen LogP contribution in [0.2, 0.25) is 0 Å². The van der Waals surface area contributed by atoms with Gasteiger partial charge in [-0.2, -0.15) is 11.8 Å². The Balaban J connectivity index is 1.88. The van der Waals surface area contributed by atoms with Gasteiger partial charge >= 0.3 is 0 Å². The molecule has 3 nitrogen and oxygen atoms in total. The van der Waals surface area contributed by atoms with E-state index >= 15 is 0 Å². The molecule has 2 aliphatic rings. The number of hydrogen-bond donors (Lipinski definition) is 2. The molecule has 0 aromatic heterocycles. The van der Waals surface area contributed by atoms with Crippen LogP contribution in [0.4, 0.5) is 0 Å². The van der Waals surface area contributed by atoms with Crippen LogP contribution in [0.15, 0.2) is 12.2 Å². The van der Waals surface area contributed by atoms with Gasteiger partial charge in [0.25, 0.3) is 5.91 Å². The lowest BCUT2D eigenvalue weighted by Gasteiger charge is -2.25. The molecule has 0 aromatic carbocycles. The van der Waals surface area contributed by atoms with Gasteiger partial charge in [-0.3, -0.25) is 4.79 Å². The third-order valence-electron chi connectivity index (χ3n) is 3.03. The van der Waals surface area contributed by atoms with Gasteiger partial charge in [0.15, 0.2) is 5.60 Å². The molecule has 2 atom stereocenters. The quantitative estimate of drug-likeness (QED) is 0.694. The zero-order valence-electron chi connectivity index (χ0n) is 8.74. The van der Waals surface area contributed by atoms with E-state index < -0.39 is 5.60 Å². The fraction of sp³-hybridized carbons (Fsp3) is 0.727. The Morgan fingerprint density at radius 3 is 3.00 bits per heavy atom. The van der Waals surface area contributed by atoms with Crippen molar-refractivity contribution in [2.45, 2.75) is 37.3 Å². The maximum absolute atomic E-state index is 11.8. The minimum absolute atomic E-state index is 0.173. The Morgan fingerprint density at radius 2 is 2.40 bits per heavy atom. The van der Waals surface area contributed by atoms with Crippen molar-refractivity contribution in [1.29, 1.82) is 0 Å². The monoisotopic (exact) mass is 227 g/mol. The molecule has 0 radical (unpaired) electrons. The van der Waals surface area contributed by atoms with E-state index in [1.807, 2.05) is 0 Å². The molecule has 0 saturated carbocycles. The van der Waals surface area contributed by atoms with Gasteiger partial charge in [0.05, 0.1) is 0 Å². The van der Waals surface area contributed by atoms with Crippen molar-refractivity contribution >= 4 is 17.7 Å². The lowest BCUT2D eigenvalue weighted by atomic mass is 9.98. The smallest absolute Gasteiger partial charge is 0.253 e. The van der Waals surface area contributed by atoms with E-state index in [1.54, 1.807) is 11.8 Å². The van der Waals surface area contributed by atoms with Crippen molar-refractivity contribution in [2.75, 3.05) is 11.5 Å². The molecule has 2 rings (SSSR count). The number of thioether (sulfide) groups is 1. The highest BCUT2D eigenvalue weighted by molar-refractivity contribution is 7.99. The number of hydrogen-bond acceptors (Lipinski definition) is 3. The van der Waals surface area contributed by atoms with E-state index in [9.17, 15) is 9.90 Å². The summed E-state index contributed by atoms with van der Waals surface area (Å²) in [4.78, 5) is 11.8. The van der Waals surface area contributed by atoms with E-state index in [0.29, 0.717) is 12.2 Å². The summed E-state index contributed by atoms with van der Waals surface area (Å²) in [7, 11) is 0. The molecule has 1 heterocycles. The second kappa shape index (κ2) is 4.58. The summed E-state index contributed by atoms with van der Waals surface area (Å²) in [6.07, 6.45) is 7.75. The summed E-state index contributed by atoms with van der Waals surface area (Å²) in [5, 5.41) is 13.0. The maximum atomic E-state index is 11.8. The molecule has 2 N–H and O–H groups in total. The van der Waals surface area contributed by atoms with Gasteiger partial charge in [0, 0.05) is 11.8 Å². The summed E-state index contributed by atoms with van der Waals surface area (Å²) in [6.45, 7) is 0. The van der Waals surface area contributed by atoms with Crippen molar-refractivity contribution in [2.24, 2.45) is 0 Å². The van der Waals surface area contributed by atoms with Crippen molar-refractivity contribution in [3.63, 3.8) is 0 Å². The average Bonchev–Trinajstić information content (AvgIpc) is 2.68. The molecule has 84 valence electrons. The zero-order valence-corrected chi connectivity index (χ0v) is 9.55. The molecular weight excluding hydrogens is 210 g/mol. The predicted octanol–water partition coefficient (Wildman–Crippen LogP) is 1.08. The number of carbonyl (C=O) groups excluding carboxylic acids is 1. The lowest BCUT2D eigenvalue weighted by Crippen LogP contribution is -2.50. The van der Waals surface area contributed by atoms with Gasteiger partial charge < -0.3 is 10.4 Å². The zero-order chi connectivity index (χ0) is 10.7. The van der Waals surface area contributed by atoms with Crippen molar-refractivity contribution < 1.29 is 9.90 Å². The normalized spacial score (nSPS) is 35.4. The molecule has 0 spiro atoms. The molecule has 1 amide bonds. The summed E-state index contributed by atoms with van der Waals surface area (Å²) in [5.74, 6) is 1.25. The maximum Gasteiger partial charge on any atom is 0.253 e. The molecule has 1 saturated heterocycles. The number of nitrogens with one attached hydrogen (secondary N) is 1. The van der Waals surface area contributed by atoms with Gasteiger partial charge in [-0.25, -0.2) is 0 Å². The van der Waals surface area contributed by atoms with Crippen LogP contribution in [0, 0.1) is 0 Å². The summed E-state index contributed by atoms with van der Waals surface area (Å²) >= 11 is 1.65. The van der Waals surface area contributed by atoms with Crippen LogP contribution in [0.5, 0.6) is 0 Å². The Hall–Kier alpha value is -0.480. The van der Waals surface area contributed by atoms with Crippen molar-refractivity contribution in [1.82, 2.24) is 5.32 Å². The van der Waals surface area contributed by atoms with Crippen LogP contribution in [-0.4, -0.2) is 34.2 Å². The Kier molecular flexibility index (Phi) is 3.36. The SMILES string of the molecule is O=C(NC1CC=CCC1)C1(O)CCSC1. The molecular formula is C11H17NO2S. The van der Waals surface area contributed by atoms with Gasteiger partial charge in [-0.05, 0) is 31.4 Å². The van der Waals surface area contributed by atoms with Crippen LogP contribution >= 0.6 is 11.8 Å². The third kappa shape index (κ3) is 2.55. The minimum atomic E-state index is -1.11. The van der Waals surface area contributed by atoms with Crippen molar-refractivity contribution in [3.05, 3.63) is 12.2 Å². The van der Waals surface area contributed by atoms with Crippen LogP contribution in [0.1, 0.15) is 25.7 Å². The minimum Gasteiger partial charge on any atom is -0.379 e. The highest BCUT2D eigenvalue weighted by atomic mass is 32.2. The predicted molar refractivity (Wildman–Crippen MR) is 61.8 cm³/mol. The number of aliphatic hydroxyl groups is 1. The number of carbonyl (C=O) groups is 1. The van der Waals surface area contributed by atoms with E-state index in [0.717, 1.165) is 25.0 Å². The van der Waals surface area contributed by atoms with E-state index in [4.69, 9.17) is 0 Å². The topological polar surface area (TPSA) is 49.3 Å². The van der Waals surface area contributed by atoms with Gasteiger partial charge in [-0.1, -0.05) is 12.2 Å². The first-order valence-corrected chi connectivity index (χ1v) is 6.62. The summed E-state index contributed by atoms with van der Waals surface area (Å²) in [6, 6.07) is 0.220. The molecule has 2 unspecified atom stereocenters. The molecule has 1 aliphatic heterocycles. The number of rotatable bonds is 2. The molecule has 0 aromatic rings. The number of amides is 1. The first-order chi connectivity index (χ1) is 7.21. The van der Waals surface area contributed by atoms with Crippen LogP contribution in [0.3, 0.4) is 0 Å². The molecule has 1 fully saturated rings. The first-order valence-electron chi connectivity index (χ1n) is 5.47. The molecule has 1 aliphatic carbocycles. The Labute approximate surface area is 94.3 Å². The number of allylic oxidation sites excluding steroid dienone is 1. The second-order valence-corrected chi connectivity index (χ2v) is 5.39. The molecule has 0 bridgehead atoms. The third-order valence-corrected chi connectivity index (χ3v) is 4.20. The largest absolute Gasteiger partial charge is 0.379 e. The Bertz CT molecular complexity index is 272. The molecule has 15 heavy (non-hydrogen) atoms. The summed E-state index contributed by atoms with van der Waals surface area (Å²) in [5.41, 5.74) is -1.11. The summed E-state index contributed by atoms with van der Waals surface area (Å²) < 4.78 is 0. The fourth-order valence-corrected chi connectivity index (χ4v) is 3.22. The fourth-order valence-electron chi connectivity index (χ4n) is 1.98. The van der Waals surface area contributed by atoms with Crippen LogP contribution in [-0.2, 0) is 4.79 Å². The van der Waals surface area contributed by atoms with Crippen LogP contribution < -0.4 is 5.32 Å². The van der Waals surface area contributed by atoms with E-state index in [2.05, 4.69) is 17.5 Å². The van der Waals surface area contributed by atoms with Gasteiger partial charge in [0.2, 0.25) is 0 Å². The average molecular weight is 227 g/mol. The second-order valence-electron chi connectivity index (χ2n) is 4.29. The van der Waals surface area contributed by atoms with Crippen LogP contribution in [0.25, 0.3) is 0 Å². The Morgan fingerprint density at radius 1 is 1.53 bits per heavy atom. The first kappa shape index (κ1) is 11.0.